The fourth-order valence-corrected chi connectivity index (χ4v) is 4.86. The minimum atomic E-state index is -0.636. The summed E-state index contributed by atoms with van der Waals surface area (Å²) in [5, 5.41) is 6.18. The Morgan fingerprint density at radius 1 is 1.03 bits per heavy atom. The minimum Gasteiger partial charge on any atom is -0.375 e. The molecule has 9 heteroatoms. The predicted molar refractivity (Wildman–Crippen MR) is 135 cm³/mol. The number of likely N-dealkylation sites (N-methyl/N-ethyl adjacent to an activating group) is 1. The third-order valence-electron chi connectivity index (χ3n) is 6.61. The summed E-state index contributed by atoms with van der Waals surface area (Å²) in [5.41, 5.74) is 2.05. The van der Waals surface area contributed by atoms with Gasteiger partial charge >= 0.3 is 6.03 Å². The maximum absolute atomic E-state index is 13.4. The molecule has 4 rings (SSSR count). The Morgan fingerprint density at radius 2 is 1.67 bits per heavy atom. The van der Waals surface area contributed by atoms with E-state index in [4.69, 9.17) is 4.74 Å². The number of urea groups is 1. The second kappa shape index (κ2) is 11.5. The number of rotatable bonds is 8. The van der Waals surface area contributed by atoms with Crippen molar-refractivity contribution in [3.05, 3.63) is 71.8 Å². The van der Waals surface area contributed by atoms with Crippen LogP contribution in [0.2, 0.25) is 0 Å². The van der Waals surface area contributed by atoms with Crippen LogP contribution in [-0.4, -0.2) is 83.2 Å². The van der Waals surface area contributed by atoms with Gasteiger partial charge < -0.3 is 19.9 Å². The fourth-order valence-electron chi connectivity index (χ4n) is 4.86. The predicted octanol–water partition coefficient (Wildman–Crippen LogP) is 2.30. The molecule has 2 saturated heterocycles. The highest BCUT2D eigenvalue weighted by Crippen LogP contribution is 2.29. The van der Waals surface area contributed by atoms with Gasteiger partial charge in [0, 0.05) is 20.1 Å². The number of carbonyl (C=O) groups excluding carboxylic acids is 3. The number of benzene rings is 2. The van der Waals surface area contributed by atoms with Gasteiger partial charge in [-0.05, 0) is 17.0 Å². The summed E-state index contributed by atoms with van der Waals surface area (Å²) < 4.78 is 5.83. The number of nitrogens with one attached hydrogen (secondary N) is 1. The highest BCUT2D eigenvalue weighted by Gasteiger charge is 2.51. The molecule has 0 aromatic heterocycles. The standard InChI is InChI=1S/C27H35N5O4/c1-20(2)25-26(34)30(14-15-36-19-22-12-8-5-9-13-22)17-23-31(25)24(33)18-29(3)32(23)27(35)28-16-21-10-6-4-7-11-21/h4-13,20,23,25H,14-19H2,1-3H3,(H,28,35)/t23-,25-/m0/s1. The van der Waals surface area contributed by atoms with E-state index in [1.54, 1.807) is 26.9 Å². The number of hydrazine groups is 1. The Bertz CT molecular complexity index is 1050. The number of hydrogen-bond acceptors (Lipinski definition) is 5. The summed E-state index contributed by atoms with van der Waals surface area (Å²) in [6.07, 6.45) is -0.591. The summed E-state index contributed by atoms with van der Waals surface area (Å²) in [5.74, 6) is -0.358. The SMILES string of the molecule is CC(C)[C@H]1C(=O)N(CCOCc2ccccc2)C[C@H]2N1C(=O)CN(C)N2C(=O)NCc1ccccc1. The zero-order valence-corrected chi connectivity index (χ0v) is 21.2. The van der Waals surface area contributed by atoms with Crippen LogP contribution in [0.4, 0.5) is 4.79 Å². The van der Waals surface area contributed by atoms with Crippen molar-refractivity contribution in [3.63, 3.8) is 0 Å². The van der Waals surface area contributed by atoms with E-state index in [9.17, 15) is 14.4 Å². The molecule has 2 aromatic carbocycles. The van der Waals surface area contributed by atoms with Crippen molar-refractivity contribution in [1.82, 2.24) is 25.1 Å². The van der Waals surface area contributed by atoms with Gasteiger partial charge in [0.1, 0.15) is 12.2 Å². The minimum absolute atomic E-state index is 0.0337. The lowest BCUT2D eigenvalue weighted by molar-refractivity contribution is -0.190. The molecular formula is C27H35N5O4. The molecule has 1 N–H and O–H groups in total. The van der Waals surface area contributed by atoms with Crippen LogP contribution in [0.15, 0.2) is 60.7 Å². The van der Waals surface area contributed by atoms with Crippen molar-refractivity contribution in [1.29, 1.82) is 0 Å². The molecule has 0 radical (unpaired) electrons. The normalized spacial score (nSPS) is 20.6. The molecule has 9 nitrogen and oxygen atoms in total. The first-order valence-electron chi connectivity index (χ1n) is 12.4. The lowest BCUT2D eigenvalue weighted by Gasteiger charge is -2.55. The third-order valence-corrected chi connectivity index (χ3v) is 6.61. The summed E-state index contributed by atoms with van der Waals surface area (Å²) in [4.78, 5) is 43.2. The first-order valence-corrected chi connectivity index (χ1v) is 12.4. The summed E-state index contributed by atoms with van der Waals surface area (Å²) in [6, 6.07) is 18.6. The number of amides is 4. The molecule has 192 valence electrons. The van der Waals surface area contributed by atoms with Crippen molar-refractivity contribution in [3.8, 4) is 0 Å². The molecule has 2 atom stereocenters. The van der Waals surface area contributed by atoms with Gasteiger partial charge in [-0.3, -0.25) is 9.59 Å². The van der Waals surface area contributed by atoms with Crippen LogP contribution >= 0.6 is 0 Å². The molecule has 0 aliphatic carbocycles. The van der Waals surface area contributed by atoms with Crippen LogP contribution in [0, 0.1) is 5.92 Å². The van der Waals surface area contributed by atoms with E-state index in [0.29, 0.717) is 26.3 Å². The zero-order chi connectivity index (χ0) is 25.7. The molecule has 2 aliphatic rings. The quantitative estimate of drug-likeness (QED) is 0.571. The van der Waals surface area contributed by atoms with E-state index in [2.05, 4.69) is 5.32 Å². The van der Waals surface area contributed by atoms with E-state index >= 15 is 0 Å². The Morgan fingerprint density at radius 3 is 2.31 bits per heavy atom. The number of piperazine rings is 1. The van der Waals surface area contributed by atoms with E-state index in [-0.39, 0.29) is 36.9 Å². The second-order valence-corrected chi connectivity index (χ2v) is 9.60. The van der Waals surface area contributed by atoms with Crippen LogP contribution in [-0.2, 0) is 27.5 Å². The molecular weight excluding hydrogens is 458 g/mol. The maximum atomic E-state index is 13.4. The largest absolute Gasteiger partial charge is 0.375 e. The van der Waals surface area contributed by atoms with Gasteiger partial charge in [-0.15, -0.1) is 0 Å². The monoisotopic (exact) mass is 493 g/mol. The second-order valence-electron chi connectivity index (χ2n) is 9.60. The molecule has 4 amide bonds. The Balaban J connectivity index is 1.47. The number of nitrogens with zero attached hydrogens (tertiary/aromatic N) is 4. The smallest absolute Gasteiger partial charge is 0.334 e. The Labute approximate surface area is 212 Å². The van der Waals surface area contributed by atoms with Crippen molar-refractivity contribution in [2.45, 2.75) is 39.2 Å². The van der Waals surface area contributed by atoms with E-state index < -0.39 is 12.2 Å². The first-order chi connectivity index (χ1) is 17.4. The van der Waals surface area contributed by atoms with Crippen LogP contribution in [0.5, 0.6) is 0 Å². The van der Waals surface area contributed by atoms with Crippen LogP contribution < -0.4 is 5.32 Å². The fraction of sp³-hybridized carbons (Fsp3) is 0.444. The average Bonchev–Trinajstić information content (AvgIpc) is 2.87. The molecule has 2 aliphatic heterocycles. The van der Waals surface area contributed by atoms with Crippen LogP contribution in [0.3, 0.4) is 0 Å². The highest BCUT2D eigenvalue weighted by atomic mass is 16.5. The topological polar surface area (TPSA) is 85.4 Å². The molecule has 0 saturated carbocycles. The van der Waals surface area contributed by atoms with Gasteiger partial charge in [0.05, 0.1) is 26.3 Å². The van der Waals surface area contributed by atoms with Crippen molar-refractivity contribution in [2.75, 3.05) is 33.3 Å². The van der Waals surface area contributed by atoms with E-state index in [1.165, 1.54) is 0 Å². The average molecular weight is 494 g/mol. The number of fused-ring (bicyclic) bond motifs is 1. The van der Waals surface area contributed by atoms with Crippen molar-refractivity contribution < 1.29 is 19.1 Å². The van der Waals surface area contributed by atoms with Crippen molar-refractivity contribution >= 4 is 17.8 Å². The third kappa shape index (κ3) is 5.68. The van der Waals surface area contributed by atoms with Crippen molar-refractivity contribution in [2.24, 2.45) is 5.92 Å². The lowest BCUT2D eigenvalue weighted by atomic mass is 9.96. The van der Waals surface area contributed by atoms with E-state index in [1.807, 2.05) is 74.5 Å². The van der Waals surface area contributed by atoms with Gasteiger partial charge in [-0.1, -0.05) is 74.5 Å². The number of ether oxygens (including phenoxy) is 1. The van der Waals surface area contributed by atoms with Gasteiger partial charge in [0.15, 0.2) is 0 Å². The molecule has 2 heterocycles. The highest BCUT2D eigenvalue weighted by molar-refractivity contribution is 5.91. The number of hydrogen-bond donors (Lipinski definition) is 1. The summed E-state index contributed by atoms with van der Waals surface area (Å²) in [6.45, 7) is 5.70. The summed E-state index contributed by atoms with van der Waals surface area (Å²) >= 11 is 0. The molecule has 36 heavy (non-hydrogen) atoms. The Kier molecular flexibility index (Phi) is 8.22. The van der Waals surface area contributed by atoms with Gasteiger partial charge in [-0.2, -0.15) is 0 Å². The summed E-state index contributed by atoms with van der Waals surface area (Å²) in [7, 11) is 1.73. The van der Waals surface area contributed by atoms with Crippen LogP contribution in [0.1, 0.15) is 25.0 Å². The maximum Gasteiger partial charge on any atom is 0.334 e. The molecule has 0 unspecified atom stereocenters. The zero-order valence-electron chi connectivity index (χ0n) is 21.2. The molecule has 0 spiro atoms. The molecule has 2 aromatic rings. The van der Waals surface area contributed by atoms with Gasteiger partial charge in [-0.25, -0.2) is 14.8 Å². The molecule has 2 fully saturated rings. The molecule has 0 bridgehead atoms. The van der Waals surface area contributed by atoms with E-state index in [0.717, 1.165) is 11.1 Å². The lowest BCUT2D eigenvalue weighted by Crippen LogP contribution is -2.76. The Hall–Kier alpha value is -3.43. The van der Waals surface area contributed by atoms with Crippen LogP contribution in [0.25, 0.3) is 0 Å². The van der Waals surface area contributed by atoms with Gasteiger partial charge in [0.2, 0.25) is 11.8 Å². The number of carbonyl (C=O) groups is 3. The first kappa shape index (κ1) is 25.7. The van der Waals surface area contributed by atoms with Gasteiger partial charge in [0.25, 0.3) is 0 Å².